The Morgan fingerprint density at radius 1 is 1.29 bits per heavy atom. The highest BCUT2D eigenvalue weighted by Gasteiger charge is 2.47. The van der Waals surface area contributed by atoms with E-state index < -0.39 is 30.8 Å². The molecule has 0 aromatic heterocycles. The maximum atomic E-state index is 11.9. The molecule has 4 atom stereocenters. The predicted octanol–water partition coefficient (Wildman–Crippen LogP) is 0.991. The first-order chi connectivity index (χ1) is 10.1. The Morgan fingerprint density at radius 3 is 2.76 bits per heavy atom. The van der Waals surface area contributed by atoms with Crippen molar-refractivity contribution in [3.8, 4) is 0 Å². The van der Waals surface area contributed by atoms with Crippen molar-refractivity contribution in [2.75, 3.05) is 13.2 Å². The molecule has 3 aliphatic rings. The number of rotatable bonds is 4. The quantitative estimate of drug-likeness (QED) is 0.568. The Labute approximate surface area is 122 Å². The van der Waals surface area contributed by atoms with Crippen LogP contribution in [0.15, 0.2) is 12.2 Å². The van der Waals surface area contributed by atoms with Gasteiger partial charge in [0.25, 0.3) is 0 Å². The molecule has 0 spiro atoms. The number of ether oxygens (including phenoxy) is 3. The van der Waals surface area contributed by atoms with E-state index in [0.29, 0.717) is 19.4 Å². The molecule has 1 aliphatic heterocycles. The molecule has 6 nitrogen and oxygen atoms in total. The fraction of sp³-hybridized carbons (Fsp3) is 0.667. The van der Waals surface area contributed by atoms with Gasteiger partial charge < -0.3 is 14.2 Å². The third-order valence-corrected chi connectivity index (χ3v) is 4.22. The van der Waals surface area contributed by atoms with Gasteiger partial charge >= 0.3 is 11.9 Å². The number of carbonyl (C=O) groups is 3. The van der Waals surface area contributed by atoms with Crippen molar-refractivity contribution in [3.05, 3.63) is 12.2 Å². The molecule has 0 radical (unpaired) electrons. The van der Waals surface area contributed by atoms with Gasteiger partial charge in [-0.25, -0.2) is 4.79 Å². The van der Waals surface area contributed by atoms with E-state index in [-0.39, 0.29) is 17.6 Å². The van der Waals surface area contributed by atoms with E-state index in [4.69, 9.17) is 14.2 Å². The van der Waals surface area contributed by atoms with Crippen molar-refractivity contribution < 1.29 is 28.6 Å². The predicted molar refractivity (Wildman–Crippen MR) is 69.9 cm³/mol. The molecule has 3 rings (SSSR count). The Hall–Kier alpha value is -1.69. The largest absolute Gasteiger partial charge is 0.453 e. The highest BCUT2D eigenvalue weighted by Crippen LogP contribution is 2.41. The highest BCUT2D eigenvalue weighted by atomic mass is 16.7. The molecule has 0 aromatic carbocycles. The third-order valence-electron chi connectivity index (χ3n) is 4.22. The lowest BCUT2D eigenvalue weighted by Crippen LogP contribution is -2.30. The van der Waals surface area contributed by atoms with Gasteiger partial charge in [-0.05, 0) is 19.3 Å². The van der Waals surface area contributed by atoms with Crippen molar-refractivity contribution in [3.63, 3.8) is 0 Å². The van der Waals surface area contributed by atoms with Crippen LogP contribution in [0.3, 0.4) is 0 Å². The molecule has 2 aliphatic carbocycles. The Balaban J connectivity index is 1.42. The third kappa shape index (κ3) is 3.00. The minimum Gasteiger partial charge on any atom is -0.453 e. The fourth-order valence-corrected chi connectivity index (χ4v) is 3.10. The van der Waals surface area contributed by atoms with E-state index in [1.54, 1.807) is 6.08 Å². The van der Waals surface area contributed by atoms with Gasteiger partial charge in [0.15, 0.2) is 6.61 Å². The van der Waals surface area contributed by atoms with Gasteiger partial charge in [-0.3, -0.25) is 9.59 Å². The lowest BCUT2D eigenvalue weighted by Gasteiger charge is -2.22. The molecular weight excluding hydrogens is 276 g/mol. The lowest BCUT2D eigenvalue weighted by atomic mass is 9.94. The second-order valence-corrected chi connectivity index (χ2v) is 5.66. The lowest BCUT2D eigenvalue weighted by molar-refractivity contribution is -0.193. The number of Topliss-reactive ketones (excluding diaryl/α,β-unsaturated/α-hetero) is 1. The van der Waals surface area contributed by atoms with Crippen molar-refractivity contribution in [2.45, 2.75) is 32.0 Å². The smallest absolute Gasteiger partial charge is 0.346 e. The van der Waals surface area contributed by atoms with Crippen LogP contribution in [-0.2, 0) is 28.6 Å². The van der Waals surface area contributed by atoms with Gasteiger partial charge in [-0.2, -0.15) is 0 Å². The molecule has 6 heteroatoms. The second-order valence-electron chi connectivity index (χ2n) is 5.66. The average molecular weight is 294 g/mol. The van der Waals surface area contributed by atoms with Crippen LogP contribution >= 0.6 is 0 Å². The van der Waals surface area contributed by atoms with Gasteiger partial charge in [0, 0.05) is 18.3 Å². The minimum atomic E-state index is -0.611. The SMILES string of the molecule is O=C(COC(=O)C1CC2C=CC1C2=O)OC1CCCCO1. The number of esters is 2. The monoisotopic (exact) mass is 294 g/mol. The number of fused-ring (bicyclic) bond motifs is 2. The second kappa shape index (κ2) is 5.97. The van der Waals surface area contributed by atoms with E-state index in [9.17, 15) is 14.4 Å². The Morgan fingerprint density at radius 2 is 2.14 bits per heavy atom. The molecule has 0 N–H and O–H groups in total. The Kier molecular flexibility index (Phi) is 4.05. The van der Waals surface area contributed by atoms with E-state index in [0.717, 1.165) is 12.8 Å². The van der Waals surface area contributed by atoms with Gasteiger partial charge in [-0.1, -0.05) is 12.2 Å². The van der Waals surface area contributed by atoms with E-state index in [1.807, 2.05) is 6.08 Å². The molecule has 1 saturated heterocycles. The van der Waals surface area contributed by atoms with E-state index >= 15 is 0 Å². The molecule has 2 bridgehead atoms. The maximum absolute atomic E-state index is 11.9. The summed E-state index contributed by atoms with van der Waals surface area (Å²) < 4.78 is 15.3. The van der Waals surface area contributed by atoms with Crippen molar-refractivity contribution >= 4 is 17.7 Å². The number of allylic oxidation sites excluding steroid dienone is 2. The van der Waals surface area contributed by atoms with Crippen LogP contribution in [0.4, 0.5) is 0 Å². The number of hydrogen-bond acceptors (Lipinski definition) is 6. The molecular formula is C15H18O6. The summed E-state index contributed by atoms with van der Waals surface area (Å²) in [4.78, 5) is 35.2. The van der Waals surface area contributed by atoms with Crippen LogP contribution in [-0.4, -0.2) is 37.2 Å². The van der Waals surface area contributed by atoms with Crippen LogP contribution in [0.2, 0.25) is 0 Å². The molecule has 2 fully saturated rings. The van der Waals surface area contributed by atoms with Gasteiger partial charge in [0.1, 0.15) is 5.78 Å². The molecule has 0 aromatic rings. The first kappa shape index (κ1) is 14.3. The first-order valence-corrected chi connectivity index (χ1v) is 7.35. The zero-order valence-electron chi connectivity index (χ0n) is 11.7. The summed E-state index contributed by atoms with van der Waals surface area (Å²) in [7, 11) is 0. The molecule has 1 saturated carbocycles. The number of ketones is 1. The van der Waals surface area contributed by atoms with E-state index in [2.05, 4.69) is 0 Å². The summed E-state index contributed by atoms with van der Waals surface area (Å²) in [5.74, 6) is -2.02. The molecule has 114 valence electrons. The zero-order chi connectivity index (χ0) is 14.8. The van der Waals surface area contributed by atoms with Gasteiger partial charge in [-0.15, -0.1) is 0 Å². The molecule has 0 amide bonds. The average Bonchev–Trinajstić information content (AvgIpc) is 3.01. The number of hydrogen-bond donors (Lipinski definition) is 0. The van der Waals surface area contributed by atoms with Crippen LogP contribution in [0, 0.1) is 17.8 Å². The summed E-state index contributed by atoms with van der Waals surface area (Å²) in [6.45, 7) is 0.155. The van der Waals surface area contributed by atoms with E-state index in [1.165, 1.54) is 0 Å². The maximum Gasteiger partial charge on any atom is 0.346 e. The van der Waals surface area contributed by atoms with Crippen LogP contribution in [0.5, 0.6) is 0 Å². The van der Waals surface area contributed by atoms with Gasteiger partial charge in [0.05, 0.1) is 12.5 Å². The topological polar surface area (TPSA) is 78.9 Å². The summed E-state index contributed by atoms with van der Waals surface area (Å²) >= 11 is 0. The van der Waals surface area contributed by atoms with Crippen molar-refractivity contribution in [1.29, 1.82) is 0 Å². The summed E-state index contributed by atoms with van der Waals surface area (Å²) in [6.07, 6.45) is 6.15. The summed E-state index contributed by atoms with van der Waals surface area (Å²) in [5, 5.41) is 0. The molecule has 4 unspecified atom stereocenters. The van der Waals surface area contributed by atoms with Crippen LogP contribution in [0.1, 0.15) is 25.7 Å². The molecule has 1 heterocycles. The highest BCUT2D eigenvalue weighted by molar-refractivity contribution is 5.97. The number of carbonyl (C=O) groups excluding carboxylic acids is 3. The molecule has 21 heavy (non-hydrogen) atoms. The normalized spacial score (nSPS) is 34.0. The summed E-state index contributed by atoms with van der Waals surface area (Å²) in [5.41, 5.74) is 0. The zero-order valence-corrected chi connectivity index (χ0v) is 11.7. The minimum absolute atomic E-state index is 0.0788. The first-order valence-electron chi connectivity index (χ1n) is 7.35. The standard InChI is InChI=1S/C15H18O6/c16-12(21-13-3-1-2-6-19-13)8-20-15(18)11-7-9-4-5-10(11)14(9)17/h4-5,9-11,13H,1-3,6-8H2. The summed E-state index contributed by atoms with van der Waals surface area (Å²) in [6, 6.07) is 0. The Bertz CT molecular complexity index is 477. The van der Waals surface area contributed by atoms with Crippen molar-refractivity contribution in [2.24, 2.45) is 17.8 Å². The van der Waals surface area contributed by atoms with Gasteiger partial charge in [0.2, 0.25) is 6.29 Å². The van der Waals surface area contributed by atoms with Crippen LogP contribution in [0.25, 0.3) is 0 Å². The van der Waals surface area contributed by atoms with Crippen molar-refractivity contribution in [1.82, 2.24) is 0 Å². The fourth-order valence-electron chi connectivity index (χ4n) is 3.10. The van der Waals surface area contributed by atoms with Crippen LogP contribution < -0.4 is 0 Å².